The summed E-state index contributed by atoms with van der Waals surface area (Å²) in [6.45, 7) is 5.69. The molecule has 0 aliphatic heterocycles. The Hall–Kier alpha value is -3.33. The highest BCUT2D eigenvalue weighted by Crippen LogP contribution is 2.19. The Labute approximate surface area is 204 Å². The molecule has 3 aromatic rings. The van der Waals surface area contributed by atoms with E-state index in [1.807, 2.05) is 6.26 Å². The number of carbonyl (C=O) groups excluding carboxylic acids is 2. The van der Waals surface area contributed by atoms with Crippen molar-refractivity contribution in [3.63, 3.8) is 0 Å². The predicted octanol–water partition coefficient (Wildman–Crippen LogP) is 4.28. The second kappa shape index (κ2) is 12.2. The van der Waals surface area contributed by atoms with Crippen molar-refractivity contribution < 1.29 is 14.3 Å². The molecule has 0 spiro atoms. The first-order valence-corrected chi connectivity index (χ1v) is 12.4. The molecule has 0 saturated carbocycles. The normalized spacial score (nSPS) is 10.9. The number of amides is 2. The molecule has 1 aromatic heterocycles. The average Bonchev–Trinajstić information content (AvgIpc) is 3.22. The number of aryl methyl sites for hydroxylation is 1. The van der Waals surface area contributed by atoms with Crippen molar-refractivity contribution in [3.05, 3.63) is 65.5 Å². The molecule has 3 rings (SSSR count). The molecule has 0 radical (unpaired) electrons. The third-order valence-corrected chi connectivity index (χ3v) is 5.83. The summed E-state index contributed by atoms with van der Waals surface area (Å²) in [5.74, 6) is 1.56. The van der Waals surface area contributed by atoms with E-state index in [4.69, 9.17) is 4.74 Å². The highest BCUT2D eigenvalue weighted by Gasteiger charge is 2.15. The molecule has 2 N–H and O–H groups in total. The van der Waals surface area contributed by atoms with Gasteiger partial charge >= 0.3 is 0 Å². The van der Waals surface area contributed by atoms with Gasteiger partial charge in [0.1, 0.15) is 11.6 Å². The second-order valence-corrected chi connectivity index (χ2v) is 8.97. The van der Waals surface area contributed by atoms with Crippen LogP contribution in [0, 0.1) is 5.92 Å². The summed E-state index contributed by atoms with van der Waals surface area (Å²) in [4.78, 5) is 25.5. The van der Waals surface area contributed by atoms with Gasteiger partial charge in [-0.15, -0.1) is 10.2 Å². The van der Waals surface area contributed by atoms with Gasteiger partial charge in [-0.05, 0) is 55.0 Å². The number of ether oxygens (including phenoxy) is 1. The molecule has 2 aromatic carbocycles. The maximum absolute atomic E-state index is 12.8. The second-order valence-electron chi connectivity index (χ2n) is 8.20. The number of nitrogens with zero attached hydrogens (tertiary/aromatic N) is 3. The zero-order valence-corrected chi connectivity index (χ0v) is 20.8. The molecule has 0 saturated heterocycles. The van der Waals surface area contributed by atoms with Crippen molar-refractivity contribution in [2.45, 2.75) is 38.4 Å². The molecule has 8 nitrogen and oxygen atoms in total. The summed E-state index contributed by atoms with van der Waals surface area (Å²) >= 11 is 1.59. The number of hydrogen-bond acceptors (Lipinski definition) is 6. The van der Waals surface area contributed by atoms with Crippen LogP contribution in [0.25, 0.3) is 0 Å². The van der Waals surface area contributed by atoms with Crippen LogP contribution in [0.5, 0.6) is 5.75 Å². The fraction of sp³-hybridized carbons (Fsp3) is 0.360. The average molecular weight is 482 g/mol. The van der Waals surface area contributed by atoms with Gasteiger partial charge in [0.2, 0.25) is 0 Å². The first kappa shape index (κ1) is 25.3. The molecule has 0 aliphatic carbocycles. The number of carbonyl (C=O) groups is 2. The predicted molar refractivity (Wildman–Crippen MR) is 135 cm³/mol. The molecule has 0 atom stereocenters. The number of thioether (sulfide) groups is 1. The molecule has 180 valence electrons. The lowest BCUT2D eigenvalue weighted by Crippen LogP contribution is -2.26. The molecule has 0 bridgehead atoms. The van der Waals surface area contributed by atoms with Crippen molar-refractivity contribution in [2.24, 2.45) is 5.92 Å². The van der Waals surface area contributed by atoms with E-state index in [-0.39, 0.29) is 11.8 Å². The standard InChI is InChI=1S/C25H31N5O3S/c1-17(2)16-30-22(28-29-25(30)34-4)10-7-15-26-24(32)20-8-5-6-9-21(20)27-23(31)18-11-13-19(33-3)14-12-18/h5-6,8-9,11-14,17H,7,10,15-16H2,1-4H3,(H,26,32)(H,27,31). The summed E-state index contributed by atoms with van der Waals surface area (Å²) < 4.78 is 7.28. The smallest absolute Gasteiger partial charge is 0.255 e. The lowest BCUT2D eigenvalue weighted by atomic mass is 10.1. The number of rotatable bonds is 11. The Kier molecular flexibility index (Phi) is 9.09. The lowest BCUT2D eigenvalue weighted by Gasteiger charge is -2.13. The van der Waals surface area contributed by atoms with E-state index in [0.717, 1.165) is 30.4 Å². The van der Waals surface area contributed by atoms with Crippen LogP contribution in [0.3, 0.4) is 0 Å². The van der Waals surface area contributed by atoms with Gasteiger partial charge in [-0.3, -0.25) is 9.59 Å². The van der Waals surface area contributed by atoms with Gasteiger partial charge in [0.25, 0.3) is 11.8 Å². The lowest BCUT2D eigenvalue weighted by molar-refractivity contribution is 0.0954. The number of nitrogens with one attached hydrogen (secondary N) is 2. The molecule has 34 heavy (non-hydrogen) atoms. The van der Waals surface area contributed by atoms with Crippen molar-refractivity contribution in [2.75, 3.05) is 25.2 Å². The van der Waals surface area contributed by atoms with Gasteiger partial charge in [0, 0.05) is 25.1 Å². The Balaban J connectivity index is 1.58. The minimum absolute atomic E-state index is 0.237. The van der Waals surface area contributed by atoms with Gasteiger partial charge in [-0.2, -0.15) is 0 Å². The number of methoxy groups -OCH3 is 1. The third-order valence-electron chi connectivity index (χ3n) is 5.16. The van der Waals surface area contributed by atoms with Crippen LogP contribution in [0.2, 0.25) is 0 Å². The van der Waals surface area contributed by atoms with Crippen LogP contribution >= 0.6 is 11.8 Å². The third kappa shape index (κ3) is 6.60. The highest BCUT2D eigenvalue weighted by molar-refractivity contribution is 7.98. The minimum atomic E-state index is -0.294. The molecule has 9 heteroatoms. The van der Waals surface area contributed by atoms with Gasteiger partial charge < -0.3 is 19.9 Å². The van der Waals surface area contributed by atoms with Crippen molar-refractivity contribution in [1.82, 2.24) is 20.1 Å². The van der Waals surface area contributed by atoms with Crippen LogP contribution in [0.1, 0.15) is 46.8 Å². The van der Waals surface area contributed by atoms with Crippen LogP contribution < -0.4 is 15.4 Å². The molecule has 0 fully saturated rings. The first-order valence-electron chi connectivity index (χ1n) is 11.2. The van der Waals surface area contributed by atoms with E-state index in [0.29, 0.717) is 35.0 Å². The molecular weight excluding hydrogens is 450 g/mol. The highest BCUT2D eigenvalue weighted by atomic mass is 32.2. The van der Waals surface area contributed by atoms with Crippen LogP contribution in [-0.2, 0) is 13.0 Å². The topological polar surface area (TPSA) is 98.1 Å². The quantitative estimate of drug-likeness (QED) is 0.313. The fourth-order valence-electron chi connectivity index (χ4n) is 3.47. The zero-order chi connectivity index (χ0) is 24.5. The number of benzene rings is 2. The molecule has 0 unspecified atom stereocenters. The van der Waals surface area contributed by atoms with Crippen molar-refractivity contribution in [1.29, 1.82) is 0 Å². The summed E-state index contributed by atoms with van der Waals surface area (Å²) in [6.07, 6.45) is 3.45. The Morgan fingerprint density at radius 3 is 2.47 bits per heavy atom. The monoisotopic (exact) mass is 481 g/mol. The van der Waals surface area contributed by atoms with Gasteiger partial charge in [0.15, 0.2) is 5.16 Å². The number of hydrogen-bond donors (Lipinski definition) is 2. The van der Waals surface area contributed by atoms with Gasteiger partial charge in [-0.1, -0.05) is 37.7 Å². The zero-order valence-electron chi connectivity index (χ0n) is 20.0. The molecule has 1 heterocycles. The Bertz CT molecular complexity index is 1110. The maximum Gasteiger partial charge on any atom is 0.255 e. The van der Waals surface area contributed by atoms with E-state index < -0.39 is 0 Å². The number of aromatic nitrogens is 3. The molecular formula is C25H31N5O3S. The SMILES string of the molecule is COc1ccc(C(=O)Nc2ccccc2C(=O)NCCCc2nnc(SC)n2CC(C)C)cc1. The minimum Gasteiger partial charge on any atom is -0.497 e. The van der Waals surface area contributed by atoms with Gasteiger partial charge in [0.05, 0.1) is 18.4 Å². The van der Waals surface area contributed by atoms with Crippen LogP contribution in [-0.4, -0.2) is 46.5 Å². The molecule has 0 aliphatic rings. The Morgan fingerprint density at radius 1 is 1.06 bits per heavy atom. The van der Waals surface area contributed by atoms with Gasteiger partial charge in [-0.25, -0.2) is 0 Å². The maximum atomic E-state index is 12.8. The Morgan fingerprint density at radius 2 is 1.79 bits per heavy atom. The van der Waals surface area contributed by atoms with E-state index in [1.165, 1.54) is 0 Å². The first-order chi connectivity index (χ1) is 16.4. The number of anilines is 1. The summed E-state index contributed by atoms with van der Waals surface area (Å²) in [5.41, 5.74) is 1.35. The summed E-state index contributed by atoms with van der Waals surface area (Å²) in [7, 11) is 1.57. The van der Waals surface area contributed by atoms with E-state index in [9.17, 15) is 9.59 Å². The molecule has 2 amide bonds. The van der Waals surface area contributed by atoms with E-state index in [2.05, 4.69) is 39.2 Å². The van der Waals surface area contributed by atoms with Crippen molar-refractivity contribution in [3.8, 4) is 5.75 Å². The van der Waals surface area contributed by atoms with Crippen LogP contribution in [0.15, 0.2) is 53.7 Å². The summed E-state index contributed by atoms with van der Waals surface area (Å²) in [6, 6.07) is 13.8. The van der Waals surface area contributed by atoms with Crippen molar-refractivity contribution >= 4 is 29.3 Å². The van der Waals surface area contributed by atoms with E-state index in [1.54, 1.807) is 67.4 Å². The summed E-state index contributed by atoms with van der Waals surface area (Å²) in [5, 5.41) is 15.3. The van der Waals surface area contributed by atoms with E-state index >= 15 is 0 Å². The number of para-hydroxylation sites is 1. The largest absolute Gasteiger partial charge is 0.497 e. The van der Waals surface area contributed by atoms with Crippen LogP contribution in [0.4, 0.5) is 5.69 Å². The fourth-order valence-corrected chi connectivity index (χ4v) is 4.00.